The summed E-state index contributed by atoms with van der Waals surface area (Å²) in [6.07, 6.45) is 1.14. The number of amidine groups is 1. The summed E-state index contributed by atoms with van der Waals surface area (Å²) in [5, 5.41) is 8.18. The van der Waals surface area contributed by atoms with Gasteiger partial charge in [-0.05, 0) is 24.0 Å². The highest BCUT2D eigenvalue weighted by Crippen LogP contribution is 2.30. The summed E-state index contributed by atoms with van der Waals surface area (Å²) in [7, 11) is 0. The molecule has 2 nitrogen and oxygen atoms in total. The van der Waals surface area contributed by atoms with Crippen molar-refractivity contribution in [2.45, 2.75) is 27.2 Å². The third kappa shape index (κ3) is 1.97. The van der Waals surface area contributed by atoms with Crippen LogP contribution in [0.5, 0.6) is 0 Å². The first-order valence-electron chi connectivity index (χ1n) is 6.03. The summed E-state index contributed by atoms with van der Waals surface area (Å²) in [5.41, 5.74) is 2.62. The number of rotatable bonds is 1. The summed E-state index contributed by atoms with van der Waals surface area (Å²) in [6.45, 7) is 7.42. The van der Waals surface area contributed by atoms with Crippen molar-refractivity contribution in [3.63, 3.8) is 0 Å². The van der Waals surface area contributed by atoms with Crippen molar-refractivity contribution in [1.29, 1.82) is 5.41 Å². The molecule has 1 heterocycles. The van der Waals surface area contributed by atoms with E-state index in [2.05, 4.69) is 49.9 Å². The second-order valence-corrected chi connectivity index (χ2v) is 5.09. The van der Waals surface area contributed by atoms with Crippen molar-refractivity contribution in [3.8, 4) is 0 Å². The topological polar surface area (TPSA) is 27.1 Å². The molecule has 0 spiro atoms. The Labute approximate surface area is 97.8 Å². The van der Waals surface area contributed by atoms with Crippen molar-refractivity contribution < 1.29 is 0 Å². The fourth-order valence-corrected chi connectivity index (χ4v) is 2.34. The number of hydrogen-bond donors (Lipinski definition) is 1. The molecule has 1 unspecified atom stereocenters. The van der Waals surface area contributed by atoms with Crippen LogP contribution in [0.25, 0.3) is 0 Å². The monoisotopic (exact) mass is 216 g/mol. The predicted octanol–water partition coefficient (Wildman–Crippen LogP) is 3.32. The van der Waals surface area contributed by atoms with Gasteiger partial charge >= 0.3 is 0 Å². The smallest absolute Gasteiger partial charge is 0.103 e. The fourth-order valence-electron chi connectivity index (χ4n) is 2.34. The summed E-state index contributed by atoms with van der Waals surface area (Å²) < 4.78 is 0. The van der Waals surface area contributed by atoms with E-state index < -0.39 is 0 Å². The molecule has 1 aromatic rings. The highest BCUT2D eigenvalue weighted by molar-refractivity contribution is 5.97. The minimum absolute atomic E-state index is 0.290. The van der Waals surface area contributed by atoms with Crippen LogP contribution < -0.4 is 4.90 Å². The number of nitrogens with one attached hydrogen (secondary N) is 1. The fraction of sp³-hybridized carbons (Fsp3) is 0.500. The SMILES string of the molecule is CC1Cc2ccccc2N(C(=N)C(C)C)C1. The molecule has 1 N–H and O–H groups in total. The van der Waals surface area contributed by atoms with E-state index in [4.69, 9.17) is 5.41 Å². The van der Waals surface area contributed by atoms with Gasteiger partial charge in [0.05, 0.1) is 0 Å². The molecule has 2 rings (SSSR count). The van der Waals surface area contributed by atoms with E-state index in [1.54, 1.807) is 0 Å². The molecule has 2 heteroatoms. The largest absolute Gasteiger partial charge is 0.330 e. The molecule has 0 saturated carbocycles. The van der Waals surface area contributed by atoms with E-state index >= 15 is 0 Å². The molecule has 0 aliphatic carbocycles. The second kappa shape index (κ2) is 4.28. The van der Waals surface area contributed by atoms with Crippen LogP contribution in [0, 0.1) is 17.2 Å². The first-order chi connectivity index (χ1) is 7.59. The first kappa shape index (κ1) is 11.2. The standard InChI is InChI=1S/C14H20N2/c1-10(2)14(15)16-9-11(3)8-12-6-4-5-7-13(12)16/h4-7,10-11,15H,8-9H2,1-3H3. The van der Waals surface area contributed by atoms with Gasteiger partial charge in [-0.1, -0.05) is 39.0 Å². The minimum atomic E-state index is 0.290. The number of anilines is 1. The van der Waals surface area contributed by atoms with Gasteiger partial charge < -0.3 is 4.90 Å². The van der Waals surface area contributed by atoms with Gasteiger partial charge in [0.25, 0.3) is 0 Å². The summed E-state index contributed by atoms with van der Waals surface area (Å²) in [5.74, 6) is 1.66. The molecular weight excluding hydrogens is 196 g/mol. The highest BCUT2D eigenvalue weighted by atomic mass is 15.2. The zero-order chi connectivity index (χ0) is 11.7. The normalized spacial score (nSPS) is 19.8. The van der Waals surface area contributed by atoms with E-state index in [1.807, 2.05) is 0 Å². The molecular formula is C14H20N2. The first-order valence-corrected chi connectivity index (χ1v) is 6.03. The van der Waals surface area contributed by atoms with Crippen molar-refractivity contribution >= 4 is 11.5 Å². The van der Waals surface area contributed by atoms with E-state index in [0.717, 1.165) is 18.8 Å². The van der Waals surface area contributed by atoms with Gasteiger partial charge in [0.15, 0.2) is 0 Å². The van der Waals surface area contributed by atoms with Crippen LogP contribution in [0.15, 0.2) is 24.3 Å². The second-order valence-electron chi connectivity index (χ2n) is 5.09. The van der Waals surface area contributed by atoms with Gasteiger partial charge in [-0.25, -0.2) is 0 Å². The zero-order valence-electron chi connectivity index (χ0n) is 10.3. The molecule has 1 atom stereocenters. The Morgan fingerprint density at radius 1 is 1.38 bits per heavy atom. The van der Waals surface area contributed by atoms with Gasteiger partial charge in [0.1, 0.15) is 5.84 Å². The zero-order valence-corrected chi connectivity index (χ0v) is 10.3. The van der Waals surface area contributed by atoms with Crippen molar-refractivity contribution in [2.75, 3.05) is 11.4 Å². The van der Waals surface area contributed by atoms with Crippen molar-refractivity contribution in [2.24, 2.45) is 11.8 Å². The number of benzene rings is 1. The number of nitrogens with zero attached hydrogens (tertiary/aromatic N) is 1. The molecule has 0 radical (unpaired) electrons. The lowest BCUT2D eigenvalue weighted by Gasteiger charge is -2.36. The van der Waals surface area contributed by atoms with Crippen LogP contribution in [0.1, 0.15) is 26.3 Å². The van der Waals surface area contributed by atoms with Crippen LogP contribution in [0.4, 0.5) is 5.69 Å². The maximum atomic E-state index is 8.18. The quantitative estimate of drug-likeness (QED) is 0.566. The highest BCUT2D eigenvalue weighted by Gasteiger charge is 2.24. The summed E-state index contributed by atoms with van der Waals surface area (Å²) in [4.78, 5) is 2.17. The third-order valence-corrected chi connectivity index (χ3v) is 3.18. The molecule has 1 aliphatic rings. The minimum Gasteiger partial charge on any atom is -0.330 e. The van der Waals surface area contributed by atoms with Gasteiger partial charge in [0, 0.05) is 18.2 Å². The van der Waals surface area contributed by atoms with Crippen LogP contribution in [-0.2, 0) is 6.42 Å². The van der Waals surface area contributed by atoms with E-state index in [-0.39, 0.29) is 0 Å². The van der Waals surface area contributed by atoms with Crippen LogP contribution in [0.3, 0.4) is 0 Å². The molecule has 1 aromatic carbocycles. The van der Waals surface area contributed by atoms with Gasteiger partial charge in [-0.3, -0.25) is 5.41 Å². The average molecular weight is 216 g/mol. The van der Waals surface area contributed by atoms with E-state index in [0.29, 0.717) is 11.8 Å². The number of para-hydroxylation sites is 1. The number of hydrogen-bond acceptors (Lipinski definition) is 1. The maximum absolute atomic E-state index is 8.18. The molecule has 0 saturated heterocycles. The Kier molecular flexibility index (Phi) is 2.99. The molecule has 0 bridgehead atoms. The van der Waals surface area contributed by atoms with Crippen LogP contribution in [-0.4, -0.2) is 12.4 Å². The lowest BCUT2D eigenvalue weighted by Crippen LogP contribution is -2.40. The van der Waals surface area contributed by atoms with Crippen LogP contribution >= 0.6 is 0 Å². The average Bonchev–Trinajstić information content (AvgIpc) is 2.26. The lowest BCUT2D eigenvalue weighted by atomic mass is 9.93. The lowest BCUT2D eigenvalue weighted by molar-refractivity contribution is 0.561. The molecule has 1 aliphatic heterocycles. The van der Waals surface area contributed by atoms with Gasteiger partial charge in [0.2, 0.25) is 0 Å². The van der Waals surface area contributed by atoms with Crippen molar-refractivity contribution in [3.05, 3.63) is 29.8 Å². The Morgan fingerprint density at radius 2 is 2.06 bits per heavy atom. The Morgan fingerprint density at radius 3 is 2.75 bits per heavy atom. The van der Waals surface area contributed by atoms with E-state index in [1.165, 1.54) is 11.3 Å². The summed E-state index contributed by atoms with van der Waals surface area (Å²) in [6, 6.07) is 8.48. The van der Waals surface area contributed by atoms with Gasteiger partial charge in [-0.2, -0.15) is 0 Å². The molecule has 0 aromatic heterocycles. The van der Waals surface area contributed by atoms with Crippen LogP contribution in [0.2, 0.25) is 0 Å². The molecule has 0 fully saturated rings. The maximum Gasteiger partial charge on any atom is 0.103 e. The Bertz CT molecular complexity index is 395. The molecule has 16 heavy (non-hydrogen) atoms. The van der Waals surface area contributed by atoms with Gasteiger partial charge in [-0.15, -0.1) is 0 Å². The Hall–Kier alpha value is -1.31. The van der Waals surface area contributed by atoms with Crippen molar-refractivity contribution in [1.82, 2.24) is 0 Å². The van der Waals surface area contributed by atoms with E-state index in [9.17, 15) is 0 Å². The number of fused-ring (bicyclic) bond motifs is 1. The Balaban J connectivity index is 2.37. The predicted molar refractivity (Wildman–Crippen MR) is 69.2 cm³/mol. The molecule has 0 amide bonds. The summed E-state index contributed by atoms with van der Waals surface area (Å²) >= 11 is 0. The third-order valence-electron chi connectivity index (χ3n) is 3.18. The molecule has 86 valence electrons.